The molecule has 0 aliphatic carbocycles. The van der Waals surface area contributed by atoms with Crippen LogP contribution in [0.5, 0.6) is 0 Å². The van der Waals surface area contributed by atoms with Gasteiger partial charge in [-0.3, -0.25) is 13.9 Å². The Morgan fingerprint density at radius 1 is 0.867 bits per heavy atom. The fraction of sp³-hybridized carbons (Fsp3) is 0.257. The lowest BCUT2D eigenvalue weighted by Crippen LogP contribution is -2.53. The number of aryl methyl sites for hydroxylation is 1. The number of carbonyl (C=O) groups is 2. The van der Waals surface area contributed by atoms with Gasteiger partial charge in [-0.2, -0.15) is 0 Å². The van der Waals surface area contributed by atoms with Gasteiger partial charge in [-0.25, -0.2) is 12.8 Å². The quantitative estimate of drug-likeness (QED) is 0.157. The fourth-order valence-corrected chi connectivity index (χ4v) is 6.36. The maximum Gasteiger partial charge on any atom is 0.264 e. The Bertz CT molecular complexity index is 1670. The summed E-state index contributed by atoms with van der Waals surface area (Å²) in [6.07, 6.45) is 1.86. The van der Waals surface area contributed by atoms with Gasteiger partial charge in [-0.15, -0.1) is 0 Å². The van der Waals surface area contributed by atoms with Crippen molar-refractivity contribution >= 4 is 39.1 Å². The predicted molar refractivity (Wildman–Crippen MR) is 176 cm³/mol. The van der Waals surface area contributed by atoms with Crippen molar-refractivity contribution in [1.82, 2.24) is 10.2 Å². The van der Waals surface area contributed by atoms with Crippen LogP contribution in [-0.2, 0) is 32.6 Å². The third-order valence-corrected chi connectivity index (χ3v) is 9.41. The van der Waals surface area contributed by atoms with Gasteiger partial charge in [0.15, 0.2) is 0 Å². The number of halogens is 2. The Kier molecular flexibility index (Phi) is 11.7. The third kappa shape index (κ3) is 9.15. The van der Waals surface area contributed by atoms with E-state index in [4.69, 9.17) is 11.6 Å². The summed E-state index contributed by atoms with van der Waals surface area (Å²) in [5.74, 6) is -1.50. The van der Waals surface area contributed by atoms with Crippen LogP contribution in [0.2, 0.25) is 5.02 Å². The topological polar surface area (TPSA) is 86.8 Å². The van der Waals surface area contributed by atoms with E-state index in [9.17, 15) is 22.4 Å². The van der Waals surface area contributed by atoms with E-state index < -0.39 is 34.3 Å². The molecular formula is C35H37ClFN3O4S. The zero-order valence-corrected chi connectivity index (χ0v) is 26.9. The SMILES string of the molecule is CCCCNC(=O)[C@H](Cc1ccccc1)N(Cc1ccc(Cl)cc1)C(=O)CN(c1ccc(C)cc1)S(=O)(=O)c1ccc(F)cc1. The highest BCUT2D eigenvalue weighted by Crippen LogP contribution is 2.26. The summed E-state index contributed by atoms with van der Waals surface area (Å²) >= 11 is 6.13. The van der Waals surface area contributed by atoms with Crippen LogP contribution >= 0.6 is 11.6 Å². The molecule has 1 atom stereocenters. The summed E-state index contributed by atoms with van der Waals surface area (Å²) in [5.41, 5.74) is 2.73. The van der Waals surface area contributed by atoms with Gasteiger partial charge in [0.2, 0.25) is 11.8 Å². The Balaban J connectivity index is 1.78. The van der Waals surface area contributed by atoms with E-state index in [1.54, 1.807) is 48.5 Å². The average molecular weight is 650 g/mol. The van der Waals surface area contributed by atoms with E-state index >= 15 is 0 Å². The lowest BCUT2D eigenvalue weighted by atomic mass is 10.0. The molecule has 4 aromatic rings. The second-order valence-corrected chi connectivity index (χ2v) is 13.1. The summed E-state index contributed by atoms with van der Waals surface area (Å²) in [7, 11) is -4.31. The third-order valence-electron chi connectivity index (χ3n) is 7.37. The smallest absolute Gasteiger partial charge is 0.264 e. The molecule has 0 unspecified atom stereocenters. The largest absolute Gasteiger partial charge is 0.354 e. The fourth-order valence-electron chi connectivity index (χ4n) is 4.82. The van der Waals surface area contributed by atoms with Crippen molar-refractivity contribution in [1.29, 1.82) is 0 Å². The molecule has 2 amide bonds. The summed E-state index contributed by atoms with van der Waals surface area (Å²) < 4.78 is 42.7. The number of nitrogens with one attached hydrogen (secondary N) is 1. The molecule has 4 rings (SSSR count). The number of rotatable bonds is 14. The lowest BCUT2D eigenvalue weighted by Gasteiger charge is -2.34. The van der Waals surface area contributed by atoms with E-state index in [1.165, 1.54) is 17.0 Å². The minimum atomic E-state index is -4.31. The molecule has 0 aromatic heterocycles. The minimum Gasteiger partial charge on any atom is -0.354 e. The van der Waals surface area contributed by atoms with E-state index in [-0.39, 0.29) is 29.5 Å². The zero-order valence-electron chi connectivity index (χ0n) is 25.3. The van der Waals surface area contributed by atoms with Crippen LogP contribution in [0, 0.1) is 12.7 Å². The van der Waals surface area contributed by atoms with E-state index in [0.29, 0.717) is 11.6 Å². The first-order valence-electron chi connectivity index (χ1n) is 14.8. The van der Waals surface area contributed by atoms with Crippen molar-refractivity contribution in [2.24, 2.45) is 0 Å². The molecule has 0 aliphatic rings. The number of hydrogen-bond donors (Lipinski definition) is 1. The van der Waals surface area contributed by atoms with Crippen molar-refractivity contribution in [3.8, 4) is 0 Å². The number of hydrogen-bond acceptors (Lipinski definition) is 4. The molecule has 7 nitrogen and oxygen atoms in total. The lowest BCUT2D eigenvalue weighted by molar-refractivity contribution is -0.140. The van der Waals surface area contributed by atoms with Crippen LogP contribution in [-0.4, -0.2) is 44.3 Å². The van der Waals surface area contributed by atoms with Crippen molar-refractivity contribution < 1.29 is 22.4 Å². The number of amides is 2. The second kappa shape index (κ2) is 15.7. The standard InChI is InChI=1S/C35H37ClFN3O4S/c1-3-4-22-38-35(42)33(23-27-8-6-5-7-9-27)39(24-28-12-14-29(36)15-13-28)34(41)25-40(31-18-10-26(2)11-19-31)45(43,44)32-20-16-30(37)17-21-32/h5-21,33H,3-4,22-25H2,1-2H3,(H,38,42)/t33-/m0/s1. The first-order valence-corrected chi connectivity index (χ1v) is 16.6. The summed E-state index contributed by atoms with van der Waals surface area (Å²) in [5, 5.41) is 3.48. The molecule has 45 heavy (non-hydrogen) atoms. The van der Waals surface area contributed by atoms with Crippen LogP contribution in [0.4, 0.5) is 10.1 Å². The Morgan fingerprint density at radius 2 is 1.51 bits per heavy atom. The summed E-state index contributed by atoms with van der Waals surface area (Å²) in [4.78, 5) is 29.4. The first-order chi connectivity index (χ1) is 21.6. The molecule has 0 aliphatic heterocycles. The second-order valence-electron chi connectivity index (χ2n) is 10.8. The van der Waals surface area contributed by atoms with Crippen molar-refractivity contribution in [3.63, 3.8) is 0 Å². The minimum absolute atomic E-state index is 0.0348. The molecule has 1 N–H and O–H groups in total. The molecular weight excluding hydrogens is 613 g/mol. The molecule has 0 saturated carbocycles. The molecule has 0 spiro atoms. The van der Waals surface area contributed by atoms with Crippen LogP contribution in [0.3, 0.4) is 0 Å². The Morgan fingerprint density at radius 3 is 2.13 bits per heavy atom. The number of sulfonamides is 1. The molecule has 0 bridgehead atoms. The van der Waals surface area contributed by atoms with Gasteiger partial charge in [-0.1, -0.05) is 85.1 Å². The number of nitrogens with zero attached hydrogens (tertiary/aromatic N) is 2. The molecule has 0 saturated heterocycles. The number of benzene rings is 4. The molecule has 0 radical (unpaired) electrons. The highest BCUT2D eigenvalue weighted by atomic mass is 35.5. The summed E-state index contributed by atoms with van der Waals surface area (Å²) in [6, 6.07) is 26.5. The monoisotopic (exact) mass is 649 g/mol. The van der Waals surface area contributed by atoms with Crippen LogP contribution in [0.25, 0.3) is 0 Å². The Hall–Kier alpha value is -4.21. The highest BCUT2D eigenvalue weighted by Gasteiger charge is 2.34. The molecule has 0 fully saturated rings. The van der Waals surface area contributed by atoms with Gasteiger partial charge in [0.25, 0.3) is 10.0 Å². The van der Waals surface area contributed by atoms with Crippen LogP contribution < -0.4 is 9.62 Å². The maximum atomic E-state index is 14.4. The van der Waals surface area contributed by atoms with Gasteiger partial charge >= 0.3 is 0 Å². The van der Waals surface area contributed by atoms with Gasteiger partial charge in [0, 0.05) is 24.5 Å². The van der Waals surface area contributed by atoms with Gasteiger partial charge in [-0.05, 0) is 73.0 Å². The molecule has 10 heteroatoms. The van der Waals surface area contributed by atoms with Gasteiger partial charge in [0.1, 0.15) is 18.4 Å². The van der Waals surface area contributed by atoms with Crippen LogP contribution in [0.15, 0.2) is 108 Å². The van der Waals surface area contributed by atoms with Crippen molar-refractivity contribution in [2.75, 3.05) is 17.4 Å². The van der Waals surface area contributed by atoms with Gasteiger partial charge < -0.3 is 10.2 Å². The van der Waals surface area contributed by atoms with Crippen molar-refractivity contribution in [3.05, 3.63) is 131 Å². The Labute approximate surface area is 269 Å². The molecule has 4 aromatic carbocycles. The number of unbranched alkanes of at least 4 members (excludes halogenated alkanes) is 1. The maximum absolute atomic E-state index is 14.4. The van der Waals surface area contributed by atoms with Crippen LogP contribution in [0.1, 0.15) is 36.5 Å². The highest BCUT2D eigenvalue weighted by molar-refractivity contribution is 7.92. The molecule has 0 heterocycles. The average Bonchev–Trinajstić information content (AvgIpc) is 3.03. The van der Waals surface area contributed by atoms with Crippen molar-refractivity contribution in [2.45, 2.75) is 50.6 Å². The van der Waals surface area contributed by atoms with Gasteiger partial charge in [0.05, 0.1) is 10.6 Å². The number of anilines is 1. The summed E-state index contributed by atoms with van der Waals surface area (Å²) in [6.45, 7) is 3.77. The first kappa shape index (κ1) is 33.7. The van der Waals surface area contributed by atoms with E-state index in [1.807, 2.05) is 44.2 Å². The normalized spacial score (nSPS) is 11.9. The number of carbonyl (C=O) groups excluding carboxylic acids is 2. The van der Waals surface area contributed by atoms with E-state index in [0.717, 1.165) is 46.0 Å². The van der Waals surface area contributed by atoms with E-state index in [2.05, 4.69) is 5.32 Å². The zero-order chi connectivity index (χ0) is 32.4. The predicted octanol–water partition coefficient (Wildman–Crippen LogP) is 6.54. The molecule has 236 valence electrons.